The lowest BCUT2D eigenvalue weighted by Crippen LogP contribution is -2.73. The molecule has 14 heteroatoms. The van der Waals surface area contributed by atoms with Crippen molar-refractivity contribution in [2.24, 2.45) is 22.7 Å². The highest BCUT2D eigenvalue weighted by Gasteiger charge is 2.99. The van der Waals surface area contributed by atoms with Gasteiger partial charge in [0.25, 0.3) is 5.60 Å². The third-order valence-corrected chi connectivity index (χ3v) is 17.7. The lowest BCUT2D eigenvalue weighted by molar-refractivity contribution is -0.182. The van der Waals surface area contributed by atoms with Gasteiger partial charge in [0, 0.05) is 106 Å². The smallest absolute Gasteiger partial charge is 0.347 e. The van der Waals surface area contributed by atoms with E-state index in [4.69, 9.17) is 23.7 Å². The minimum atomic E-state index is -1.64. The fourth-order valence-corrected chi connectivity index (χ4v) is 15.1. The zero-order chi connectivity index (χ0) is 44.1. The SMILES string of the molecule is CC[C@]1(O)C[C@H]2CN(CCc3c([nH]c4ccc(N5CCC5)cc34)[C@@](C(=O)OC)(C3C=C4C(=CC3OC)N(C)[C@@]35O[C@]3(C(=O)OC)[C@H](OC(C)=O)[C@]3(CC)C=CCN6CC[C@]45[C@@H]63)C2)C1. The van der Waals surface area contributed by atoms with E-state index in [-0.39, 0.29) is 17.9 Å². The molecule has 2 bridgehead atoms. The first-order chi connectivity index (χ1) is 30.3. The van der Waals surface area contributed by atoms with Gasteiger partial charge in [-0.1, -0.05) is 32.1 Å². The molecule has 3 unspecified atom stereocenters. The van der Waals surface area contributed by atoms with Crippen molar-refractivity contribution in [2.45, 2.75) is 106 Å². The number of hydrogen-bond acceptors (Lipinski definition) is 13. The lowest BCUT2D eigenvalue weighted by Gasteiger charge is -2.58. The number of carbonyl (C=O) groups is 3. The molecular weight excluding hydrogens is 803 g/mol. The number of ether oxygens (including phenoxy) is 5. The van der Waals surface area contributed by atoms with Crippen molar-refractivity contribution < 1.29 is 43.2 Å². The van der Waals surface area contributed by atoms with Gasteiger partial charge in [-0.15, -0.1) is 0 Å². The van der Waals surface area contributed by atoms with E-state index in [0.29, 0.717) is 51.6 Å². The lowest BCUT2D eigenvalue weighted by atomic mass is 9.48. The summed E-state index contributed by atoms with van der Waals surface area (Å²) in [7, 11) is 6.54. The fourth-order valence-electron chi connectivity index (χ4n) is 15.1. The first-order valence-electron chi connectivity index (χ1n) is 23.3. The van der Waals surface area contributed by atoms with Crippen molar-refractivity contribution in [1.82, 2.24) is 19.7 Å². The molecule has 5 saturated heterocycles. The van der Waals surface area contributed by atoms with Gasteiger partial charge in [0.15, 0.2) is 11.8 Å². The maximum atomic E-state index is 15.6. The standard InChI is InChI=1S/C49H63N5O9/c1-8-44(58)25-30-26-46(42(56)60-6,39-32(14-20-52(27-30)28-44)33-22-31(53-18-11-19-53)12-13-36(33)50-39)35-23-34-37(24-38(35)59-5)51(4)49-47(34)16-21-54-17-10-15-45(9-2,40(47)54)41(62-29(3)55)48(49,63-49)43(57)61-7/h10,12-13,15,22-24,30,35,38,40-41,50,58H,8-9,11,14,16-21,25-28H2,1-7H3/t30-,35?,38?,40+,41-,44+,45-,46+,47-,48+,49+/m1/s1. The van der Waals surface area contributed by atoms with Crippen molar-refractivity contribution in [1.29, 1.82) is 0 Å². The number of rotatable bonds is 8. The second kappa shape index (κ2) is 13.9. The first-order valence-corrected chi connectivity index (χ1v) is 23.3. The number of piperidine rings is 1. The zero-order valence-electron chi connectivity index (χ0n) is 37.8. The van der Waals surface area contributed by atoms with Crippen LogP contribution in [-0.4, -0.2) is 152 Å². The van der Waals surface area contributed by atoms with E-state index in [1.807, 2.05) is 7.05 Å². The Balaban J connectivity index is 1.18. The van der Waals surface area contributed by atoms with Gasteiger partial charge < -0.3 is 43.6 Å². The van der Waals surface area contributed by atoms with Crippen LogP contribution in [0.15, 0.2) is 53.8 Å². The second-order valence-electron chi connectivity index (χ2n) is 20.2. The molecule has 63 heavy (non-hydrogen) atoms. The number of H-pyrrole nitrogens is 1. The Morgan fingerprint density at radius 2 is 1.79 bits per heavy atom. The number of methoxy groups -OCH3 is 3. The molecule has 2 spiro atoms. The number of carbonyl (C=O) groups excluding carboxylic acids is 3. The third kappa shape index (κ3) is 4.99. The highest BCUT2D eigenvalue weighted by Crippen LogP contribution is 2.82. The van der Waals surface area contributed by atoms with Crippen molar-refractivity contribution >= 4 is 34.5 Å². The molecule has 1 aromatic heterocycles. The number of aromatic nitrogens is 1. The quantitative estimate of drug-likeness (QED) is 0.169. The van der Waals surface area contributed by atoms with E-state index in [1.165, 1.54) is 26.8 Å². The van der Waals surface area contributed by atoms with Crippen LogP contribution in [0.25, 0.3) is 10.9 Å². The Hall–Kier alpha value is -4.21. The highest BCUT2D eigenvalue weighted by molar-refractivity contribution is 5.93. The molecule has 6 fully saturated rings. The second-order valence-corrected chi connectivity index (χ2v) is 20.2. The number of nitrogens with one attached hydrogen (secondary N) is 1. The summed E-state index contributed by atoms with van der Waals surface area (Å²) in [6.07, 6.45) is 11.8. The number of likely N-dealkylation sites (tertiary alicyclic amines) is 1. The van der Waals surface area contributed by atoms with Gasteiger partial charge in [-0.2, -0.15) is 0 Å². The zero-order valence-corrected chi connectivity index (χ0v) is 37.8. The average molecular weight is 866 g/mol. The number of fused-ring (bicyclic) bond motifs is 6. The number of nitrogens with zero attached hydrogens (tertiary/aromatic N) is 4. The van der Waals surface area contributed by atoms with E-state index in [9.17, 15) is 14.7 Å². The number of hydrogen-bond donors (Lipinski definition) is 2. The van der Waals surface area contributed by atoms with Crippen LogP contribution in [-0.2, 0) is 49.9 Å². The monoisotopic (exact) mass is 865 g/mol. The van der Waals surface area contributed by atoms with Gasteiger partial charge in [0.05, 0.1) is 31.3 Å². The molecule has 1 saturated carbocycles. The van der Waals surface area contributed by atoms with Gasteiger partial charge in [-0.05, 0) is 92.8 Å². The van der Waals surface area contributed by atoms with Gasteiger partial charge in [-0.3, -0.25) is 19.4 Å². The van der Waals surface area contributed by atoms with Gasteiger partial charge in [-0.25, -0.2) is 4.79 Å². The predicted octanol–water partition coefficient (Wildman–Crippen LogP) is 4.21. The summed E-state index contributed by atoms with van der Waals surface area (Å²) in [6, 6.07) is 6.40. The number of epoxide rings is 1. The number of aromatic amines is 1. The number of aliphatic hydroxyl groups is 1. The van der Waals surface area contributed by atoms with Gasteiger partial charge >= 0.3 is 17.9 Å². The summed E-state index contributed by atoms with van der Waals surface area (Å²) in [5.41, 5.74) is -0.760. The topological polar surface area (TPSA) is 150 Å². The number of anilines is 1. The van der Waals surface area contributed by atoms with Crippen molar-refractivity contribution in [3.05, 3.63) is 65.0 Å². The van der Waals surface area contributed by atoms with E-state index in [0.717, 1.165) is 72.6 Å². The van der Waals surface area contributed by atoms with Crippen LogP contribution in [0.5, 0.6) is 0 Å². The summed E-state index contributed by atoms with van der Waals surface area (Å²) in [5.74, 6) is -2.05. The Bertz CT molecular complexity index is 2390. The van der Waals surface area contributed by atoms with Crippen LogP contribution in [0.4, 0.5) is 5.69 Å². The molecule has 2 aromatic rings. The maximum absolute atomic E-state index is 15.6. The summed E-state index contributed by atoms with van der Waals surface area (Å²) in [6.45, 7) is 11.1. The largest absolute Gasteiger partial charge is 0.468 e. The summed E-state index contributed by atoms with van der Waals surface area (Å²) < 4.78 is 31.9. The van der Waals surface area contributed by atoms with Crippen LogP contribution in [0.3, 0.4) is 0 Å². The molecule has 1 aromatic carbocycles. The molecule has 0 radical (unpaired) electrons. The maximum Gasteiger partial charge on any atom is 0.347 e. The van der Waals surface area contributed by atoms with Crippen molar-refractivity contribution in [3.8, 4) is 0 Å². The first kappa shape index (κ1) is 41.5. The van der Waals surface area contributed by atoms with Crippen molar-refractivity contribution in [3.63, 3.8) is 0 Å². The number of allylic oxidation sites excluding steroid dienone is 1. The summed E-state index contributed by atoms with van der Waals surface area (Å²) in [5, 5.41) is 13.2. The van der Waals surface area contributed by atoms with Crippen LogP contribution in [0, 0.1) is 22.7 Å². The van der Waals surface area contributed by atoms with Crippen molar-refractivity contribution in [2.75, 3.05) is 79.1 Å². The molecule has 8 heterocycles. The van der Waals surface area contributed by atoms with E-state index in [1.54, 1.807) is 7.11 Å². The molecule has 2 N–H and O–H groups in total. The number of benzene rings is 1. The third-order valence-electron chi connectivity index (χ3n) is 17.7. The molecular formula is C49H63N5O9. The number of esters is 3. The average Bonchev–Trinajstić information content (AvgIpc) is 3.51. The Morgan fingerprint density at radius 3 is 2.48 bits per heavy atom. The fraction of sp³-hybridized carbons (Fsp3) is 0.653. The molecule has 12 atom stereocenters. The van der Waals surface area contributed by atoms with Gasteiger partial charge in [0.1, 0.15) is 5.41 Å². The van der Waals surface area contributed by atoms with Crippen LogP contribution in [0.1, 0.15) is 70.6 Å². The molecule has 9 aliphatic rings. The van der Waals surface area contributed by atoms with E-state index < -0.39 is 63.2 Å². The van der Waals surface area contributed by atoms with Gasteiger partial charge in [0.2, 0.25) is 0 Å². The van der Waals surface area contributed by atoms with Crippen LogP contribution in [0.2, 0.25) is 0 Å². The summed E-state index contributed by atoms with van der Waals surface area (Å²) >= 11 is 0. The molecule has 14 nitrogen and oxygen atoms in total. The Morgan fingerprint density at radius 1 is 1.00 bits per heavy atom. The predicted molar refractivity (Wildman–Crippen MR) is 234 cm³/mol. The minimum Gasteiger partial charge on any atom is -0.468 e. The highest BCUT2D eigenvalue weighted by atomic mass is 16.7. The number of likely N-dealkylation sites (N-methyl/N-ethyl adjacent to an activating group) is 1. The Kier molecular flexibility index (Phi) is 9.16. The molecule has 7 aliphatic heterocycles. The summed E-state index contributed by atoms with van der Waals surface area (Å²) in [4.78, 5) is 56.7. The molecule has 2 aliphatic carbocycles. The molecule has 0 amide bonds. The minimum absolute atomic E-state index is 0.0510. The van der Waals surface area contributed by atoms with E-state index in [2.05, 4.69) is 80.9 Å². The normalized spacial score (nSPS) is 41.9. The Labute approximate surface area is 369 Å². The molecule has 338 valence electrons. The molecule has 11 rings (SSSR count). The van der Waals surface area contributed by atoms with Crippen LogP contribution < -0.4 is 4.90 Å². The van der Waals surface area contributed by atoms with E-state index >= 15 is 4.79 Å². The van der Waals surface area contributed by atoms with Crippen LogP contribution >= 0.6 is 0 Å².